The topological polar surface area (TPSA) is 84.9 Å². The molecule has 0 heterocycles. The first-order valence-electron chi connectivity index (χ1n) is 10.1. The van der Waals surface area contributed by atoms with Gasteiger partial charge in [0.1, 0.15) is 12.4 Å². The fraction of sp³-hybridized carbons (Fsp3) is 0.200. The lowest BCUT2D eigenvalue weighted by molar-refractivity contribution is -0.137. The zero-order valence-corrected chi connectivity index (χ0v) is 19.0. The van der Waals surface area contributed by atoms with Gasteiger partial charge in [0.2, 0.25) is 0 Å². The van der Waals surface area contributed by atoms with Crippen LogP contribution in [0.15, 0.2) is 71.2 Å². The molecular weight excluding hydrogens is 474 g/mol. The predicted octanol–water partition coefficient (Wildman–Crippen LogP) is 5.51. The molecule has 2 N–H and O–H groups in total. The highest BCUT2D eigenvalue weighted by molar-refractivity contribution is 9.10. The summed E-state index contributed by atoms with van der Waals surface area (Å²) in [6.07, 6.45) is -0.989. The van der Waals surface area contributed by atoms with Crippen molar-refractivity contribution < 1.29 is 24.2 Å². The summed E-state index contributed by atoms with van der Waals surface area (Å²) in [4.78, 5) is 24.1. The van der Waals surface area contributed by atoms with Gasteiger partial charge in [-0.1, -0.05) is 64.5 Å². The molecule has 0 spiro atoms. The smallest absolute Gasteiger partial charge is 0.407 e. The van der Waals surface area contributed by atoms with Crippen LogP contribution in [-0.4, -0.2) is 30.9 Å². The Labute approximate surface area is 194 Å². The van der Waals surface area contributed by atoms with Gasteiger partial charge in [-0.15, -0.1) is 0 Å². The van der Waals surface area contributed by atoms with E-state index in [1.54, 1.807) is 18.2 Å². The van der Waals surface area contributed by atoms with Gasteiger partial charge in [0, 0.05) is 16.0 Å². The maximum atomic E-state index is 12.7. The zero-order chi connectivity index (χ0) is 22.7. The van der Waals surface area contributed by atoms with Gasteiger partial charge in [-0.2, -0.15) is 0 Å². The van der Waals surface area contributed by atoms with Crippen molar-refractivity contribution in [3.05, 3.63) is 87.9 Å². The molecule has 7 heteroatoms. The van der Waals surface area contributed by atoms with E-state index in [2.05, 4.69) is 33.4 Å². The Balaban J connectivity index is 1.51. The molecule has 6 nitrogen and oxygen atoms in total. The van der Waals surface area contributed by atoms with Gasteiger partial charge in [0.25, 0.3) is 0 Å². The summed E-state index contributed by atoms with van der Waals surface area (Å²) in [5.41, 5.74) is 5.05. The van der Waals surface area contributed by atoms with Crippen LogP contribution in [0.3, 0.4) is 0 Å². The highest BCUT2D eigenvalue weighted by atomic mass is 79.9. The third-order valence-corrected chi connectivity index (χ3v) is 6.07. The Morgan fingerprint density at radius 3 is 2.25 bits per heavy atom. The number of ether oxygens (including phenoxy) is 2. The first kappa shape index (κ1) is 21.9. The van der Waals surface area contributed by atoms with E-state index in [0.29, 0.717) is 11.3 Å². The van der Waals surface area contributed by atoms with Crippen molar-refractivity contribution in [2.75, 3.05) is 13.7 Å². The zero-order valence-electron chi connectivity index (χ0n) is 17.4. The minimum absolute atomic E-state index is 0.0773. The Bertz CT molecular complexity index is 1120. The largest absolute Gasteiger partial charge is 0.496 e. The van der Waals surface area contributed by atoms with Crippen LogP contribution >= 0.6 is 15.9 Å². The van der Waals surface area contributed by atoms with Crippen LogP contribution in [0.5, 0.6) is 5.75 Å². The predicted molar refractivity (Wildman–Crippen MR) is 124 cm³/mol. The number of carboxylic acid groups (broad SMARTS) is 1. The number of halogens is 1. The van der Waals surface area contributed by atoms with Crippen molar-refractivity contribution in [2.45, 2.75) is 18.4 Å². The number of fused-ring (bicyclic) bond motifs is 3. The van der Waals surface area contributed by atoms with Gasteiger partial charge in [0.05, 0.1) is 19.6 Å². The lowest BCUT2D eigenvalue weighted by Crippen LogP contribution is -2.32. The molecule has 32 heavy (non-hydrogen) atoms. The molecule has 0 saturated carbocycles. The lowest BCUT2D eigenvalue weighted by Gasteiger charge is -2.21. The third kappa shape index (κ3) is 4.48. The summed E-state index contributed by atoms with van der Waals surface area (Å²) in [7, 11) is 1.50. The first-order chi connectivity index (χ1) is 15.5. The number of methoxy groups -OCH3 is 1. The summed E-state index contributed by atoms with van der Waals surface area (Å²) in [6.45, 7) is 0.148. The van der Waals surface area contributed by atoms with Gasteiger partial charge < -0.3 is 19.9 Å². The molecule has 1 amide bonds. The normalized spacial score (nSPS) is 13.1. The van der Waals surface area contributed by atoms with E-state index < -0.39 is 18.1 Å². The third-order valence-electron chi connectivity index (χ3n) is 5.58. The molecule has 164 valence electrons. The number of rotatable bonds is 7. The number of carboxylic acids is 1. The fourth-order valence-electron chi connectivity index (χ4n) is 4.17. The Morgan fingerprint density at radius 1 is 1.03 bits per heavy atom. The molecule has 0 saturated heterocycles. The maximum absolute atomic E-state index is 12.7. The number of alkyl carbamates (subject to hydrolysis) is 1. The van der Waals surface area contributed by atoms with Crippen LogP contribution in [0.25, 0.3) is 11.1 Å². The van der Waals surface area contributed by atoms with Crippen LogP contribution < -0.4 is 10.1 Å². The quantitative estimate of drug-likeness (QED) is 0.451. The molecule has 1 atom stereocenters. The molecule has 0 unspecified atom stereocenters. The molecule has 0 aromatic heterocycles. The minimum Gasteiger partial charge on any atom is -0.496 e. The number of benzene rings is 3. The van der Waals surface area contributed by atoms with E-state index in [-0.39, 0.29) is 18.9 Å². The molecule has 0 fully saturated rings. The number of hydrogen-bond acceptors (Lipinski definition) is 4. The van der Waals surface area contributed by atoms with Crippen molar-refractivity contribution in [2.24, 2.45) is 0 Å². The molecule has 1 aliphatic rings. The summed E-state index contributed by atoms with van der Waals surface area (Å²) >= 11 is 3.39. The summed E-state index contributed by atoms with van der Waals surface area (Å²) in [6, 6.07) is 20.6. The van der Waals surface area contributed by atoms with E-state index in [0.717, 1.165) is 26.7 Å². The molecule has 3 aromatic rings. The SMILES string of the molecule is COc1ccc(Br)cc1[C@H](CC(=O)O)NC(=O)OCC1c2ccccc2-c2ccccc21. The second kappa shape index (κ2) is 9.44. The van der Waals surface area contributed by atoms with Crippen molar-refractivity contribution in [1.82, 2.24) is 5.32 Å². The summed E-state index contributed by atoms with van der Waals surface area (Å²) in [5.74, 6) is -0.638. The van der Waals surface area contributed by atoms with Crippen molar-refractivity contribution in [3.63, 3.8) is 0 Å². The molecule has 0 aliphatic heterocycles. The fourth-order valence-corrected chi connectivity index (χ4v) is 4.55. The van der Waals surface area contributed by atoms with Crippen molar-refractivity contribution >= 4 is 28.0 Å². The molecule has 1 aliphatic carbocycles. The molecule has 0 radical (unpaired) electrons. The Morgan fingerprint density at radius 2 is 1.66 bits per heavy atom. The van der Waals surface area contributed by atoms with E-state index in [1.165, 1.54) is 7.11 Å². The number of aliphatic carboxylic acids is 1. The average Bonchev–Trinajstić information content (AvgIpc) is 3.11. The van der Waals surface area contributed by atoms with Gasteiger partial charge in [-0.25, -0.2) is 4.79 Å². The van der Waals surface area contributed by atoms with Gasteiger partial charge in [0.15, 0.2) is 0 Å². The number of amides is 1. The molecule has 3 aromatic carbocycles. The minimum atomic E-state index is -1.05. The first-order valence-corrected chi connectivity index (χ1v) is 10.9. The molecule has 0 bridgehead atoms. The average molecular weight is 496 g/mol. The highest BCUT2D eigenvalue weighted by Crippen LogP contribution is 2.44. The number of hydrogen-bond donors (Lipinski definition) is 2. The summed E-state index contributed by atoms with van der Waals surface area (Å²) in [5, 5.41) is 12.1. The highest BCUT2D eigenvalue weighted by Gasteiger charge is 2.30. The van der Waals surface area contributed by atoms with Gasteiger partial charge in [-0.3, -0.25) is 4.79 Å². The Hall–Kier alpha value is -3.32. The number of carbonyl (C=O) groups excluding carboxylic acids is 1. The summed E-state index contributed by atoms with van der Waals surface area (Å²) < 4.78 is 11.7. The number of nitrogens with one attached hydrogen (secondary N) is 1. The molecule has 4 rings (SSSR count). The van der Waals surface area contributed by atoms with E-state index in [1.807, 2.05) is 36.4 Å². The van der Waals surface area contributed by atoms with Crippen molar-refractivity contribution in [1.29, 1.82) is 0 Å². The number of carbonyl (C=O) groups is 2. The van der Waals surface area contributed by atoms with Crippen LogP contribution in [0.2, 0.25) is 0 Å². The standard InChI is InChI=1S/C25H22BrNO5/c1-31-23-11-10-15(26)12-20(23)22(13-24(28)29)27-25(30)32-14-21-18-8-4-2-6-16(18)17-7-3-5-9-19(17)21/h2-12,21-22H,13-14H2,1H3,(H,27,30)(H,28,29)/t22-/m0/s1. The van der Waals surface area contributed by atoms with Crippen LogP contribution in [-0.2, 0) is 9.53 Å². The molecular formula is C25H22BrNO5. The monoisotopic (exact) mass is 495 g/mol. The second-order valence-electron chi connectivity index (χ2n) is 7.51. The van der Waals surface area contributed by atoms with Gasteiger partial charge >= 0.3 is 12.1 Å². The van der Waals surface area contributed by atoms with E-state index in [4.69, 9.17) is 9.47 Å². The van der Waals surface area contributed by atoms with Crippen LogP contribution in [0.1, 0.15) is 35.1 Å². The Kier molecular flexibility index (Phi) is 6.46. The van der Waals surface area contributed by atoms with Crippen LogP contribution in [0.4, 0.5) is 4.79 Å². The van der Waals surface area contributed by atoms with Crippen LogP contribution in [0, 0.1) is 0 Å². The van der Waals surface area contributed by atoms with E-state index >= 15 is 0 Å². The van der Waals surface area contributed by atoms with Crippen molar-refractivity contribution in [3.8, 4) is 16.9 Å². The van der Waals surface area contributed by atoms with E-state index in [9.17, 15) is 14.7 Å². The second-order valence-corrected chi connectivity index (χ2v) is 8.42. The van der Waals surface area contributed by atoms with Gasteiger partial charge in [-0.05, 0) is 40.5 Å². The lowest BCUT2D eigenvalue weighted by atomic mass is 9.98. The maximum Gasteiger partial charge on any atom is 0.407 e.